The summed E-state index contributed by atoms with van der Waals surface area (Å²) >= 11 is 0. The maximum Gasteiger partial charge on any atom is 0.0660 e. The lowest BCUT2D eigenvalue weighted by Gasteiger charge is -2.08. The van der Waals surface area contributed by atoms with Crippen LogP contribution in [0, 0.1) is 0 Å². The molecule has 0 saturated carbocycles. The minimum atomic E-state index is -0.0550. The minimum Gasteiger partial charge on any atom is -0.380 e. The number of aryl methyl sites for hydroxylation is 1. The number of ether oxygens (including phenoxy) is 1. The lowest BCUT2D eigenvalue weighted by atomic mass is 10.2. The Morgan fingerprint density at radius 3 is 3.00 bits per heavy atom. The van der Waals surface area contributed by atoms with Crippen molar-refractivity contribution in [1.29, 1.82) is 0 Å². The first-order valence-corrected chi connectivity index (χ1v) is 5.13. The smallest absolute Gasteiger partial charge is 0.0660 e. The molecule has 0 spiro atoms. The van der Waals surface area contributed by atoms with Gasteiger partial charge in [-0.1, -0.05) is 6.92 Å². The predicted octanol–water partition coefficient (Wildman–Crippen LogP) is 1.33. The highest BCUT2D eigenvalue weighted by atomic mass is 16.5. The Bertz CT molecular complexity index is 260. The first-order chi connectivity index (χ1) is 6.77. The van der Waals surface area contributed by atoms with Crippen LogP contribution in [0.5, 0.6) is 0 Å². The largest absolute Gasteiger partial charge is 0.380 e. The molecule has 0 aromatic carbocycles. The van der Waals surface area contributed by atoms with Gasteiger partial charge in [-0.3, -0.25) is 4.68 Å². The van der Waals surface area contributed by atoms with Crippen LogP contribution in [0.1, 0.15) is 31.9 Å². The summed E-state index contributed by atoms with van der Waals surface area (Å²) in [7, 11) is 0. The van der Waals surface area contributed by atoms with Gasteiger partial charge in [-0.15, -0.1) is 0 Å². The molecule has 0 aliphatic carbocycles. The SMILES string of the molecule is CCCn1cc(C(N)COCC)cn1. The van der Waals surface area contributed by atoms with E-state index in [0.29, 0.717) is 13.2 Å². The fourth-order valence-electron chi connectivity index (χ4n) is 1.26. The van der Waals surface area contributed by atoms with E-state index < -0.39 is 0 Å². The number of rotatable bonds is 6. The average Bonchev–Trinajstić information content (AvgIpc) is 2.63. The summed E-state index contributed by atoms with van der Waals surface area (Å²) in [6, 6.07) is -0.0550. The highest BCUT2D eigenvalue weighted by Gasteiger charge is 2.07. The molecule has 0 radical (unpaired) electrons. The summed E-state index contributed by atoms with van der Waals surface area (Å²) in [5.74, 6) is 0. The van der Waals surface area contributed by atoms with Gasteiger partial charge in [0.15, 0.2) is 0 Å². The van der Waals surface area contributed by atoms with Crippen LogP contribution in [0.4, 0.5) is 0 Å². The molecule has 1 aromatic heterocycles. The highest BCUT2D eigenvalue weighted by molar-refractivity contribution is 5.09. The Morgan fingerprint density at radius 1 is 1.57 bits per heavy atom. The monoisotopic (exact) mass is 197 g/mol. The normalized spacial score (nSPS) is 13.1. The summed E-state index contributed by atoms with van der Waals surface area (Å²) in [4.78, 5) is 0. The lowest BCUT2D eigenvalue weighted by molar-refractivity contribution is 0.133. The first-order valence-electron chi connectivity index (χ1n) is 5.13. The van der Waals surface area contributed by atoms with Gasteiger partial charge in [0, 0.05) is 24.9 Å². The summed E-state index contributed by atoms with van der Waals surface area (Å²) in [5.41, 5.74) is 6.96. The Hall–Kier alpha value is -0.870. The van der Waals surface area contributed by atoms with Crippen molar-refractivity contribution in [3.63, 3.8) is 0 Å². The molecule has 0 fully saturated rings. The molecule has 2 N–H and O–H groups in total. The number of nitrogens with zero attached hydrogens (tertiary/aromatic N) is 2. The lowest BCUT2D eigenvalue weighted by Crippen LogP contribution is -2.16. The molecule has 1 heterocycles. The predicted molar refractivity (Wildman–Crippen MR) is 55.9 cm³/mol. The average molecular weight is 197 g/mol. The molecule has 4 nitrogen and oxygen atoms in total. The first kappa shape index (κ1) is 11.2. The van der Waals surface area contributed by atoms with Crippen molar-refractivity contribution in [2.24, 2.45) is 5.73 Å². The third kappa shape index (κ3) is 3.12. The van der Waals surface area contributed by atoms with Gasteiger partial charge in [0.05, 0.1) is 18.8 Å². The maximum atomic E-state index is 5.91. The van der Waals surface area contributed by atoms with Crippen molar-refractivity contribution in [2.45, 2.75) is 32.9 Å². The molecule has 0 aliphatic rings. The second-order valence-electron chi connectivity index (χ2n) is 3.30. The zero-order valence-electron chi connectivity index (χ0n) is 8.94. The fraction of sp³-hybridized carbons (Fsp3) is 0.700. The molecule has 14 heavy (non-hydrogen) atoms. The second kappa shape index (κ2) is 5.78. The fourth-order valence-corrected chi connectivity index (χ4v) is 1.26. The third-order valence-electron chi connectivity index (χ3n) is 2.04. The van der Waals surface area contributed by atoms with E-state index in [9.17, 15) is 0 Å². The molecule has 0 bridgehead atoms. The second-order valence-corrected chi connectivity index (χ2v) is 3.30. The molecular weight excluding hydrogens is 178 g/mol. The van der Waals surface area contributed by atoms with Crippen LogP contribution >= 0.6 is 0 Å². The molecule has 0 saturated heterocycles. The topological polar surface area (TPSA) is 53.1 Å². The van der Waals surface area contributed by atoms with Crippen LogP contribution in [0.3, 0.4) is 0 Å². The van der Waals surface area contributed by atoms with Crippen molar-refractivity contribution in [2.75, 3.05) is 13.2 Å². The van der Waals surface area contributed by atoms with Gasteiger partial charge >= 0.3 is 0 Å². The number of hydrogen-bond acceptors (Lipinski definition) is 3. The van der Waals surface area contributed by atoms with E-state index in [2.05, 4.69) is 12.0 Å². The molecule has 1 aromatic rings. The molecule has 0 aliphatic heterocycles. The van der Waals surface area contributed by atoms with Crippen molar-refractivity contribution >= 4 is 0 Å². The van der Waals surface area contributed by atoms with Gasteiger partial charge in [-0.05, 0) is 13.3 Å². The van der Waals surface area contributed by atoms with Gasteiger partial charge < -0.3 is 10.5 Å². The summed E-state index contributed by atoms with van der Waals surface area (Å²) in [5, 5.41) is 4.22. The number of hydrogen-bond donors (Lipinski definition) is 1. The zero-order valence-corrected chi connectivity index (χ0v) is 8.94. The van der Waals surface area contributed by atoms with E-state index in [0.717, 1.165) is 18.5 Å². The zero-order chi connectivity index (χ0) is 10.4. The van der Waals surface area contributed by atoms with Crippen LogP contribution in [0.25, 0.3) is 0 Å². The minimum absolute atomic E-state index is 0.0550. The Labute approximate surface area is 85.0 Å². The van der Waals surface area contributed by atoms with Gasteiger partial charge in [-0.25, -0.2) is 0 Å². The molecule has 1 unspecified atom stereocenters. The van der Waals surface area contributed by atoms with Crippen molar-refractivity contribution in [3.8, 4) is 0 Å². The van der Waals surface area contributed by atoms with Gasteiger partial charge in [0.25, 0.3) is 0 Å². The molecule has 4 heteroatoms. The van der Waals surface area contributed by atoms with E-state index in [1.807, 2.05) is 24.0 Å². The van der Waals surface area contributed by atoms with E-state index >= 15 is 0 Å². The number of nitrogens with two attached hydrogens (primary N) is 1. The van der Waals surface area contributed by atoms with E-state index in [1.165, 1.54) is 0 Å². The Kier molecular flexibility index (Phi) is 4.62. The van der Waals surface area contributed by atoms with Gasteiger partial charge in [-0.2, -0.15) is 5.10 Å². The van der Waals surface area contributed by atoms with Crippen LogP contribution in [-0.4, -0.2) is 23.0 Å². The molecule has 80 valence electrons. The molecule has 1 rings (SSSR count). The van der Waals surface area contributed by atoms with Gasteiger partial charge in [0.2, 0.25) is 0 Å². The van der Waals surface area contributed by atoms with Crippen molar-refractivity contribution < 1.29 is 4.74 Å². The van der Waals surface area contributed by atoms with Crippen LogP contribution < -0.4 is 5.73 Å². The maximum absolute atomic E-state index is 5.91. The van der Waals surface area contributed by atoms with Gasteiger partial charge in [0.1, 0.15) is 0 Å². The van der Waals surface area contributed by atoms with Crippen LogP contribution in [0.2, 0.25) is 0 Å². The Morgan fingerprint density at radius 2 is 2.36 bits per heavy atom. The Balaban J connectivity index is 2.48. The van der Waals surface area contributed by atoms with E-state index in [4.69, 9.17) is 10.5 Å². The number of aromatic nitrogens is 2. The highest BCUT2D eigenvalue weighted by Crippen LogP contribution is 2.09. The molecular formula is C10H19N3O. The quantitative estimate of drug-likeness (QED) is 0.748. The van der Waals surface area contributed by atoms with E-state index in [-0.39, 0.29) is 6.04 Å². The summed E-state index contributed by atoms with van der Waals surface area (Å²) < 4.78 is 7.17. The standard InChI is InChI=1S/C10H19N3O/c1-3-5-13-7-9(6-12-13)10(11)8-14-4-2/h6-7,10H,3-5,8,11H2,1-2H3. The van der Waals surface area contributed by atoms with Crippen LogP contribution in [0.15, 0.2) is 12.4 Å². The van der Waals surface area contributed by atoms with Crippen molar-refractivity contribution in [1.82, 2.24) is 9.78 Å². The van der Waals surface area contributed by atoms with Crippen LogP contribution in [-0.2, 0) is 11.3 Å². The molecule has 0 amide bonds. The molecule has 1 atom stereocenters. The van der Waals surface area contributed by atoms with Crippen molar-refractivity contribution in [3.05, 3.63) is 18.0 Å². The van der Waals surface area contributed by atoms with E-state index in [1.54, 1.807) is 0 Å². The summed E-state index contributed by atoms with van der Waals surface area (Å²) in [6.07, 6.45) is 4.90. The summed E-state index contributed by atoms with van der Waals surface area (Å²) in [6.45, 7) is 6.31. The third-order valence-corrected chi connectivity index (χ3v) is 2.04.